The molecule has 1 N–H and O–H groups in total. The predicted molar refractivity (Wildman–Crippen MR) is 197 cm³/mol. The number of hydrogen-bond acceptors (Lipinski definition) is 4. The largest absolute Gasteiger partial charge is 0.300 e. The Morgan fingerprint density at radius 2 is 1.13 bits per heavy atom. The van der Waals surface area contributed by atoms with Gasteiger partial charge in [0.2, 0.25) is 10.0 Å². The van der Waals surface area contributed by atoms with E-state index >= 15 is 0 Å². The van der Waals surface area contributed by atoms with Gasteiger partial charge in [0.25, 0.3) is 0 Å². The second-order valence-corrected chi connectivity index (χ2v) is 12.3. The first kappa shape index (κ1) is 42.4. The minimum atomic E-state index is -3.70. The van der Waals surface area contributed by atoms with Gasteiger partial charge in [-0.2, -0.15) is 0 Å². The van der Waals surface area contributed by atoms with Gasteiger partial charge in [-0.05, 0) is 47.2 Å². The Hall–Kier alpha value is -3.61. The summed E-state index contributed by atoms with van der Waals surface area (Å²) < 4.78 is 28.8. The molecule has 0 unspecified atom stereocenters. The summed E-state index contributed by atoms with van der Waals surface area (Å²) in [5.41, 5.74) is 4.51. The van der Waals surface area contributed by atoms with E-state index in [1.807, 2.05) is 92.7 Å². The molecule has 4 rings (SSSR count). The molecule has 252 valence electrons. The van der Waals surface area contributed by atoms with Crippen molar-refractivity contribution >= 4 is 15.8 Å². The van der Waals surface area contributed by atoms with Crippen LogP contribution in [0.1, 0.15) is 104 Å². The molecule has 0 radical (unpaired) electrons. The first-order valence-electron chi connectivity index (χ1n) is 16.9. The molecular weight excluding hydrogens is 589 g/mol. The molecule has 0 spiro atoms. The van der Waals surface area contributed by atoms with Gasteiger partial charge in [-0.25, -0.2) is 13.1 Å². The van der Waals surface area contributed by atoms with Crippen molar-refractivity contribution in [1.82, 2.24) is 9.71 Å². The third kappa shape index (κ3) is 17.8. The van der Waals surface area contributed by atoms with E-state index in [1.165, 1.54) is 19.3 Å². The number of benzene rings is 3. The quantitative estimate of drug-likeness (QED) is 0.176. The van der Waals surface area contributed by atoms with Gasteiger partial charge in [0.15, 0.2) is 0 Å². The molecule has 0 fully saturated rings. The fourth-order valence-electron chi connectivity index (χ4n) is 3.88. The Kier molecular flexibility index (Phi) is 24.5. The van der Waals surface area contributed by atoms with Crippen molar-refractivity contribution in [3.8, 4) is 11.1 Å². The Balaban J connectivity index is 0.00000163. The van der Waals surface area contributed by atoms with Crippen molar-refractivity contribution in [3.63, 3.8) is 0 Å². The van der Waals surface area contributed by atoms with Crippen LogP contribution >= 0.6 is 0 Å². The highest BCUT2D eigenvalue weighted by Crippen LogP contribution is 2.27. The predicted octanol–water partition coefficient (Wildman–Crippen LogP) is 10.6. The molecule has 3 aromatic carbocycles. The molecule has 0 saturated carbocycles. The number of aromatic nitrogens is 1. The topological polar surface area (TPSA) is 76.1 Å². The van der Waals surface area contributed by atoms with Gasteiger partial charge in [-0.1, -0.05) is 154 Å². The molecule has 5 nitrogen and oxygen atoms in total. The zero-order chi connectivity index (χ0) is 34.6. The number of pyridine rings is 1. The monoisotopic (exact) mass is 646 g/mol. The van der Waals surface area contributed by atoms with Crippen molar-refractivity contribution in [1.29, 1.82) is 0 Å². The van der Waals surface area contributed by atoms with Crippen LogP contribution in [0.15, 0.2) is 108 Å². The summed E-state index contributed by atoms with van der Waals surface area (Å²) >= 11 is 0. The molecule has 0 aliphatic carbocycles. The van der Waals surface area contributed by atoms with Crippen LogP contribution in [0.3, 0.4) is 0 Å². The highest BCUT2D eigenvalue weighted by atomic mass is 32.2. The van der Waals surface area contributed by atoms with Crippen LogP contribution in [0, 0.1) is 0 Å². The average Bonchev–Trinajstić information content (AvgIpc) is 3.09. The summed E-state index contributed by atoms with van der Waals surface area (Å²) in [5, 5.41) is 0. The van der Waals surface area contributed by atoms with Crippen LogP contribution in [-0.4, -0.2) is 19.2 Å². The summed E-state index contributed by atoms with van der Waals surface area (Å²) in [6.07, 6.45) is 9.64. The van der Waals surface area contributed by atoms with E-state index < -0.39 is 10.0 Å². The second-order valence-electron chi connectivity index (χ2n) is 10.5. The lowest BCUT2D eigenvalue weighted by molar-refractivity contribution is -0.119. The zero-order valence-electron chi connectivity index (χ0n) is 29.6. The third-order valence-electron chi connectivity index (χ3n) is 5.86. The maximum Gasteiger partial charge on any atom is 0.241 e. The smallest absolute Gasteiger partial charge is 0.241 e. The highest BCUT2D eigenvalue weighted by Gasteiger charge is 2.18. The van der Waals surface area contributed by atoms with Gasteiger partial charge >= 0.3 is 0 Å². The number of ketones is 1. The number of Topliss-reactive ketones (excluding diaryl/α,β-unsaturated/α-hetero) is 1. The van der Waals surface area contributed by atoms with Crippen LogP contribution in [-0.2, 0) is 34.2 Å². The first-order chi connectivity index (χ1) is 22.3. The molecule has 4 aromatic rings. The van der Waals surface area contributed by atoms with E-state index in [9.17, 15) is 13.2 Å². The molecule has 1 heterocycles. The van der Waals surface area contributed by atoms with Crippen molar-refractivity contribution in [2.75, 3.05) is 0 Å². The number of nitrogens with zero attached hydrogens (tertiary/aromatic N) is 1. The summed E-state index contributed by atoms with van der Waals surface area (Å²) in [5.74, 6) is 0.225. The van der Waals surface area contributed by atoms with Gasteiger partial charge in [0, 0.05) is 37.3 Å². The molecule has 0 amide bonds. The molecular formula is C40H58N2O3S. The number of sulfonamides is 1. The molecule has 46 heavy (non-hydrogen) atoms. The molecule has 6 heteroatoms. The molecule has 1 aromatic heterocycles. The van der Waals surface area contributed by atoms with Gasteiger partial charge in [0.05, 0.1) is 4.90 Å². The lowest BCUT2D eigenvalue weighted by Gasteiger charge is -2.12. The molecule has 0 atom stereocenters. The highest BCUT2D eigenvalue weighted by molar-refractivity contribution is 7.89. The van der Waals surface area contributed by atoms with Crippen LogP contribution in [0.2, 0.25) is 0 Å². The van der Waals surface area contributed by atoms with Crippen molar-refractivity contribution in [2.45, 2.75) is 112 Å². The number of nitrogens with one attached hydrogen (secondary N) is 1. The van der Waals surface area contributed by atoms with Gasteiger partial charge in [-0.15, -0.1) is 0 Å². The lowest BCUT2D eigenvalue weighted by Crippen LogP contribution is -2.23. The average molecular weight is 647 g/mol. The van der Waals surface area contributed by atoms with Crippen LogP contribution in [0.4, 0.5) is 0 Å². The van der Waals surface area contributed by atoms with E-state index in [1.54, 1.807) is 24.5 Å². The van der Waals surface area contributed by atoms with Crippen molar-refractivity contribution in [3.05, 3.63) is 120 Å². The first-order valence-corrected chi connectivity index (χ1v) is 18.4. The van der Waals surface area contributed by atoms with E-state index in [-0.39, 0.29) is 17.2 Å². The van der Waals surface area contributed by atoms with Crippen LogP contribution in [0.25, 0.3) is 11.1 Å². The number of aryl methyl sites for hydroxylation is 2. The number of carbonyl (C=O) groups excluding carboxylic acids is 1. The SMILES string of the molecule is CC.CCC.CCC.CCC.O=C(CCc1ccc(CNS(=O)(=O)c2ccccc2-c2ccccc2)cc1)CCc1cccnc1. The molecule has 0 aliphatic heterocycles. The van der Waals surface area contributed by atoms with Gasteiger partial charge in [0.1, 0.15) is 5.78 Å². The van der Waals surface area contributed by atoms with Crippen LogP contribution in [0.5, 0.6) is 0 Å². The van der Waals surface area contributed by atoms with E-state index in [0.717, 1.165) is 22.3 Å². The van der Waals surface area contributed by atoms with Crippen LogP contribution < -0.4 is 4.72 Å². The Labute approximate surface area is 281 Å². The lowest BCUT2D eigenvalue weighted by atomic mass is 10.0. The minimum Gasteiger partial charge on any atom is -0.300 e. The van der Waals surface area contributed by atoms with E-state index in [4.69, 9.17) is 0 Å². The fourth-order valence-corrected chi connectivity index (χ4v) is 5.12. The summed E-state index contributed by atoms with van der Waals surface area (Å²) in [4.78, 5) is 16.6. The van der Waals surface area contributed by atoms with Crippen molar-refractivity contribution < 1.29 is 13.2 Å². The maximum atomic E-state index is 13.1. The Morgan fingerprint density at radius 1 is 0.630 bits per heavy atom. The van der Waals surface area contributed by atoms with E-state index in [0.29, 0.717) is 31.2 Å². The minimum absolute atomic E-state index is 0.190. The fraction of sp³-hybridized carbons (Fsp3) is 0.400. The maximum absolute atomic E-state index is 13.1. The number of rotatable bonds is 11. The summed E-state index contributed by atoms with van der Waals surface area (Å²) in [6, 6.07) is 28.1. The number of hydrogen-bond donors (Lipinski definition) is 1. The Bertz CT molecular complexity index is 1400. The van der Waals surface area contributed by atoms with E-state index in [2.05, 4.69) is 51.2 Å². The Morgan fingerprint density at radius 3 is 1.67 bits per heavy atom. The summed E-state index contributed by atoms with van der Waals surface area (Å²) in [7, 11) is -3.70. The van der Waals surface area contributed by atoms with Gasteiger partial charge in [-0.3, -0.25) is 9.78 Å². The molecule has 0 saturated heterocycles. The normalized spacial score (nSPS) is 9.91. The summed E-state index contributed by atoms with van der Waals surface area (Å²) in [6.45, 7) is 16.9. The number of carbonyl (C=O) groups is 1. The molecule has 0 aliphatic rings. The van der Waals surface area contributed by atoms with Gasteiger partial charge < -0.3 is 0 Å². The molecule has 0 bridgehead atoms. The van der Waals surface area contributed by atoms with Crippen molar-refractivity contribution in [2.24, 2.45) is 0 Å². The third-order valence-corrected chi connectivity index (χ3v) is 7.32. The second kappa shape index (κ2) is 26.6. The zero-order valence-corrected chi connectivity index (χ0v) is 30.4. The standard InChI is InChI=1S/C29H28N2O3S.3C3H8.C2H6/c32-27(19-17-24-7-6-20-30-21-24)18-16-23-12-14-25(15-13-23)22-31-35(33,34)29-11-5-4-10-28(29)26-8-2-1-3-9-26;3*1-3-2;1-2/h1-15,20-21,31H,16-19,22H2;3*3H2,1-2H3;1-2H3.